The molecule has 0 aliphatic rings. The Labute approximate surface area is 110 Å². The van der Waals surface area contributed by atoms with Crippen LogP contribution in [0, 0.1) is 6.92 Å². The molecule has 100 valence electrons. The number of rotatable bonds is 6. The Kier molecular flexibility index (Phi) is 4.12. The molecule has 0 spiro atoms. The minimum Gasteiger partial charge on any atom is -0.494 e. The Hall–Kier alpha value is -2.37. The fraction of sp³-hybridized carbons (Fsp3) is 0.308. The SMILES string of the molecule is Cc1ccc(OCCCn2cc(C(=O)O)nn2)cc1. The molecule has 19 heavy (non-hydrogen) atoms. The van der Waals surface area contributed by atoms with E-state index in [9.17, 15) is 4.79 Å². The standard InChI is InChI=1S/C13H15N3O3/c1-10-3-5-11(6-4-10)19-8-2-7-16-9-12(13(17)18)14-15-16/h3-6,9H,2,7-8H2,1H3,(H,17,18). The van der Waals surface area contributed by atoms with E-state index in [2.05, 4.69) is 10.3 Å². The van der Waals surface area contributed by atoms with Crippen LogP contribution in [0.2, 0.25) is 0 Å². The second-order valence-corrected chi connectivity index (χ2v) is 4.19. The van der Waals surface area contributed by atoms with Crippen LogP contribution in [0.25, 0.3) is 0 Å². The minimum atomic E-state index is -1.07. The average molecular weight is 261 g/mol. The maximum Gasteiger partial charge on any atom is 0.358 e. The molecule has 1 aromatic carbocycles. The van der Waals surface area contributed by atoms with E-state index in [1.807, 2.05) is 31.2 Å². The smallest absolute Gasteiger partial charge is 0.358 e. The van der Waals surface area contributed by atoms with Gasteiger partial charge in [0.25, 0.3) is 0 Å². The molecule has 0 atom stereocenters. The van der Waals surface area contributed by atoms with Crippen molar-refractivity contribution in [1.82, 2.24) is 15.0 Å². The zero-order chi connectivity index (χ0) is 13.7. The van der Waals surface area contributed by atoms with Crippen molar-refractivity contribution >= 4 is 5.97 Å². The Morgan fingerprint density at radius 1 is 1.37 bits per heavy atom. The molecule has 0 saturated heterocycles. The number of aromatic carboxylic acids is 1. The Bertz CT molecular complexity index is 549. The van der Waals surface area contributed by atoms with Crippen LogP contribution in [0.4, 0.5) is 0 Å². The monoisotopic (exact) mass is 261 g/mol. The summed E-state index contributed by atoms with van der Waals surface area (Å²) >= 11 is 0. The zero-order valence-electron chi connectivity index (χ0n) is 10.6. The lowest BCUT2D eigenvalue weighted by Crippen LogP contribution is -2.05. The second-order valence-electron chi connectivity index (χ2n) is 4.19. The summed E-state index contributed by atoms with van der Waals surface area (Å²) in [6.45, 7) is 3.14. The molecule has 0 bridgehead atoms. The van der Waals surface area contributed by atoms with Gasteiger partial charge in [-0.05, 0) is 19.1 Å². The number of carboxylic acid groups (broad SMARTS) is 1. The number of hydrogen-bond acceptors (Lipinski definition) is 4. The summed E-state index contributed by atoms with van der Waals surface area (Å²) < 4.78 is 7.06. The summed E-state index contributed by atoms with van der Waals surface area (Å²) in [5.74, 6) is -0.238. The minimum absolute atomic E-state index is 0.0422. The van der Waals surface area contributed by atoms with Crippen LogP contribution < -0.4 is 4.74 Å². The molecule has 6 heteroatoms. The van der Waals surface area contributed by atoms with E-state index < -0.39 is 5.97 Å². The lowest BCUT2D eigenvalue weighted by atomic mass is 10.2. The molecule has 0 saturated carbocycles. The molecule has 0 radical (unpaired) electrons. The number of carboxylic acids is 1. The van der Waals surface area contributed by atoms with E-state index in [-0.39, 0.29) is 5.69 Å². The van der Waals surface area contributed by atoms with E-state index in [0.717, 1.165) is 12.2 Å². The Balaban J connectivity index is 1.74. The summed E-state index contributed by atoms with van der Waals surface area (Å²) in [5, 5.41) is 16.0. The van der Waals surface area contributed by atoms with E-state index in [1.165, 1.54) is 16.4 Å². The third-order valence-corrected chi connectivity index (χ3v) is 2.58. The highest BCUT2D eigenvalue weighted by Gasteiger charge is 2.07. The summed E-state index contributed by atoms with van der Waals surface area (Å²) in [6, 6.07) is 7.83. The predicted octanol–water partition coefficient (Wildman–Crippen LogP) is 1.75. The average Bonchev–Trinajstić information content (AvgIpc) is 2.86. The first-order chi connectivity index (χ1) is 9.15. The number of carbonyl (C=O) groups is 1. The zero-order valence-corrected chi connectivity index (χ0v) is 10.6. The first kappa shape index (κ1) is 13.1. The number of aromatic nitrogens is 3. The molecule has 2 aromatic rings. The van der Waals surface area contributed by atoms with Gasteiger partial charge in [-0.15, -0.1) is 5.10 Å². The van der Waals surface area contributed by atoms with Crippen LogP contribution in [0.15, 0.2) is 30.5 Å². The van der Waals surface area contributed by atoms with Gasteiger partial charge in [0, 0.05) is 13.0 Å². The quantitative estimate of drug-likeness (QED) is 0.802. The first-order valence-corrected chi connectivity index (χ1v) is 5.98. The van der Waals surface area contributed by atoms with Crippen LogP contribution in [-0.4, -0.2) is 32.7 Å². The molecule has 1 heterocycles. The van der Waals surface area contributed by atoms with Crippen molar-refractivity contribution < 1.29 is 14.6 Å². The molecule has 0 aliphatic heterocycles. The van der Waals surface area contributed by atoms with Crippen molar-refractivity contribution in [2.75, 3.05) is 6.61 Å². The van der Waals surface area contributed by atoms with Gasteiger partial charge in [0.05, 0.1) is 12.8 Å². The van der Waals surface area contributed by atoms with Crippen molar-refractivity contribution in [2.24, 2.45) is 0 Å². The molecule has 0 fully saturated rings. The van der Waals surface area contributed by atoms with Gasteiger partial charge in [-0.1, -0.05) is 22.9 Å². The second kappa shape index (κ2) is 5.99. The Morgan fingerprint density at radius 3 is 2.74 bits per heavy atom. The summed E-state index contributed by atoms with van der Waals surface area (Å²) in [4.78, 5) is 10.6. The van der Waals surface area contributed by atoms with Gasteiger partial charge < -0.3 is 9.84 Å². The number of nitrogens with zero attached hydrogens (tertiary/aromatic N) is 3. The van der Waals surface area contributed by atoms with E-state index in [1.54, 1.807) is 0 Å². The molecular formula is C13H15N3O3. The van der Waals surface area contributed by atoms with Gasteiger partial charge in [-0.25, -0.2) is 4.79 Å². The highest BCUT2D eigenvalue weighted by Crippen LogP contribution is 2.11. The van der Waals surface area contributed by atoms with Crippen LogP contribution in [0.1, 0.15) is 22.5 Å². The maximum atomic E-state index is 10.6. The molecule has 0 aliphatic carbocycles. The van der Waals surface area contributed by atoms with E-state index >= 15 is 0 Å². The third-order valence-electron chi connectivity index (χ3n) is 2.58. The highest BCUT2D eigenvalue weighted by molar-refractivity contribution is 5.84. The maximum absolute atomic E-state index is 10.6. The highest BCUT2D eigenvalue weighted by atomic mass is 16.5. The first-order valence-electron chi connectivity index (χ1n) is 5.98. The van der Waals surface area contributed by atoms with Gasteiger partial charge in [0.15, 0.2) is 5.69 Å². The number of hydrogen-bond donors (Lipinski definition) is 1. The molecule has 6 nitrogen and oxygen atoms in total. The molecule has 2 rings (SSSR count). The summed E-state index contributed by atoms with van der Waals surface area (Å²) in [6.07, 6.45) is 2.14. The molecule has 0 unspecified atom stereocenters. The van der Waals surface area contributed by atoms with Crippen molar-refractivity contribution in [2.45, 2.75) is 19.9 Å². The van der Waals surface area contributed by atoms with Crippen LogP contribution in [0.3, 0.4) is 0 Å². The van der Waals surface area contributed by atoms with Gasteiger partial charge >= 0.3 is 5.97 Å². The van der Waals surface area contributed by atoms with Gasteiger partial charge in [-0.3, -0.25) is 4.68 Å². The molecule has 0 amide bonds. The fourth-order valence-corrected chi connectivity index (χ4v) is 1.56. The van der Waals surface area contributed by atoms with Gasteiger partial charge in [-0.2, -0.15) is 0 Å². The Morgan fingerprint density at radius 2 is 2.11 bits per heavy atom. The van der Waals surface area contributed by atoms with Crippen molar-refractivity contribution in [3.63, 3.8) is 0 Å². The number of ether oxygens (including phenoxy) is 1. The van der Waals surface area contributed by atoms with Crippen LogP contribution in [0.5, 0.6) is 5.75 Å². The normalized spacial score (nSPS) is 10.4. The molecule has 1 N–H and O–H groups in total. The fourth-order valence-electron chi connectivity index (χ4n) is 1.56. The topological polar surface area (TPSA) is 77.2 Å². The molecule has 1 aromatic heterocycles. The van der Waals surface area contributed by atoms with E-state index in [0.29, 0.717) is 13.2 Å². The predicted molar refractivity (Wildman–Crippen MR) is 68.3 cm³/mol. The number of benzene rings is 1. The lowest BCUT2D eigenvalue weighted by molar-refractivity contribution is 0.0690. The molecular weight excluding hydrogens is 246 g/mol. The largest absolute Gasteiger partial charge is 0.494 e. The summed E-state index contributed by atoms with van der Waals surface area (Å²) in [5.41, 5.74) is 1.15. The van der Waals surface area contributed by atoms with E-state index in [4.69, 9.17) is 9.84 Å². The van der Waals surface area contributed by atoms with Gasteiger partial charge in [0.1, 0.15) is 5.75 Å². The van der Waals surface area contributed by atoms with Crippen LogP contribution >= 0.6 is 0 Å². The van der Waals surface area contributed by atoms with Crippen molar-refractivity contribution in [1.29, 1.82) is 0 Å². The van der Waals surface area contributed by atoms with Crippen molar-refractivity contribution in [3.05, 3.63) is 41.7 Å². The number of aryl methyl sites for hydroxylation is 2. The summed E-state index contributed by atoms with van der Waals surface area (Å²) in [7, 11) is 0. The van der Waals surface area contributed by atoms with Crippen LogP contribution in [-0.2, 0) is 6.54 Å². The lowest BCUT2D eigenvalue weighted by Gasteiger charge is -2.06. The van der Waals surface area contributed by atoms with Gasteiger partial charge in [0.2, 0.25) is 0 Å². The third kappa shape index (κ3) is 3.80. The van der Waals surface area contributed by atoms with Crippen molar-refractivity contribution in [3.8, 4) is 5.75 Å².